The molecule has 8 heavy (non-hydrogen) atoms. The van der Waals surface area contributed by atoms with Gasteiger partial charge in [-0.1, -0.05) is 6.61 Å². The van der Waals surface area contributed by atoms with Crippen molar-refractivity contribution < 1.29 is 5.11 Å². The predicted molar refractivity (Wildman–Crippen MR) is 29.7 cm³/mol. The van der Waals surface area contributed by atoms with Crippen LogP contribution < -0.4 is 0 Å². The summed E-state index contributed by atoms with van der Waals surface area (Å²) in [6.07, 6.45) is 0. The molecule has 1 N–H and O–H groups in total. The van der Waals surface area contributed by atoms with Gasteiger partial charge in [0.1, 0.15) is 0 Å². The predicted octanol–water partition coefficient (Wildman–Crippen LogP) is 1.63. The summed E-state index contributed by atoms with van der Waals surface area (Å²) in [7, 11) is 0. The first-order chi connectivity index (χ1) is 3.43. The smallest absolute Gasteiger partial charge is 0 e. The number of hydrogen-bond donors (Lipinski definition) is 1. The zero-order valence-electron chi connectivity index (χ0n) is 4.37. The maximum atomic E-state index is 8.31. The number of aliphatic hydroxyl groups excluding tert-OH is 1. The van der Waals surface area contributed by atoms with E-state index in [2.05, 4.69) is 0 Å². The SMILES string of the molecule is O[CH-]c1cccs1.[Rf]. The Morgan fingerprint density at radius 3 is 2.62 bits per heavy atom. The van der Waals surface area contributed by atoms with Gasteiger partial charge < -0.3 is 5.11 Å². The molecule has 0 fully saturated rings. The second-order valence-electron chi connectivity index (χ2n) is 1.14. The normalized spacial score (nSPS) is 7.62. The molecule has 0 radical (unpaired) electrons. The van der Waals surface area contributed by atoms with E-state index in [9.17, 15) is 0 Å². The summed E-state index contributed by atoms with van der Waals surface area (Å²) >= 11 is 1.52. The van der Waals surface area contributed by atoms with Crippen LogP contribution in [0.1, 0.15) is 4.88 Å². The Balaban J connectivity index is 0.000000490. The van der Waals surface area contributed by atoms with Gasteiger partial charge in [0, 0.05) is 0 Å². The van der Waals surface area contributed by atoms with Gasteiger partial charge in [-0.3, -0.25) is 0 Å². The summed E-state index contributed by atoms with van der Waals surface area (Å²) in [5.74, 6) is 0. The average molecular weight is 380 g/mol. The van der Waals surface area contributed by atoms with Gasteiger partial charge in [0.25, 0.3) is 0 Å². The van der Waals surface area contributed by atoms with Gasteiger partial charge in [-0.05, 0) is 5.38 Å². The van der Waals surface area contributed by atoms with Crippen molar-refractivity contribution in [3.8, 4) is 0 Å². The van der Waals surface area contributed by atoms with E-state index in [0.717, 1.165) is 11.5 Å². The zero-order chi connectivity index (χ0) is 5.11. The Labute approximate surface area is 46.2 Å². The Morgan fingerprint density at radius 1 is 1.62 bits per heavy atom. The van der Waals surface area contributed by atoms with Crippen molar-refractivity contribution in [2.24, 2.45) is 0 Å². The van der Waals surface area contributed by atoms with Crippen LogP contribution in [-0.2, 0) is 0 Å². The molecular formula is C5H5ORfS-. The van der Waals surface area contributed by atoms with E-state index in [1.165, 1.54) is 11.3 Å². The largest absolute Gasteiger partial charge is 0.456 e. The van der Waals surface area contributed by atoms with Crippen LogP contribution in [-0.4, -0.2) is 5.11 Å². The minimum Gasteiger partial charge on any atom is -0.456 e. The Hall–Kier alpha value is -1.47. The second kappa shape index (κ2) is 2.66. The molecule has 1 aromatic rings. The zero-order valence-corrected chi connectivity index (χ0v) is 11.6. The first-order valence-electron chi connectivity index (χ1n) is 1.94. The van der Waals surface area contributed by atoms with E-state index in [-0.39, 0.29) is 0 Å². The maximum Gasteiger partial charge on any atom is 0 e. The van der Waals surface area contributed by atoms with Crippen LogP contribution in [0.4, 0.5) is 0 Å². The molecule has 0 saturated carbocycles. The van der Waals surface area contributed by atoms with E-state index in [4.69, 9.17) is 5.11 Å². The molecule has 0 bridgehead atoms. The van der Waals surface area contributed by atoms with Crippen molar-refractivity contribution >= 4 is 11.3 Å². The summed E-state index contributed by atoms with van der Waals surface area (Å²) in [5, 5.41) is 10.2. The molecule has 1 nitrogen and oxygen atoms in total. The third-order valence-corrected chi connectivity index (χ3v) is 1.48. The number of rotatable bonds is 1. The third kappa shape index (κ3) is 0.996. The number of thiophene rings is 1. The summed E-state index contributed by atoms with van der Waals surface area (Å²) in [6, 6.07) is 3.75. The van der Waals surface area contributed by atoms with E-state index >= 15 is 0 Å². The van der Waals surface area contributed by atoms with E-state index in [1.807, 2.05) is 17.5 Å². The van der Waals surface area contributed by atoms with Gasteiger partial charge in [-0.2, -0.15) is 17.4 Å². The molecular weight excluding hydrogens is 375 g/mol. The summed E-state index contributed by atoms with van der Waals surface area (Å²) < 4.78 is 0. The molecule has 3 heteroatoms. The van der Waals surface area contributed by atoms with Crippen molar-refractivity contribution in [2.75, 3.05) is 0 Å². The van der Waals surface area contributed by atoms with E-state index in [0.29, 0.717) is 0 Å². The summed E-state index contributed by atoms with van der Waals surface area (Å²) in [5.41, 5.74) is 0. The number of hydrogen-bond acceptors (Lipinski definition) is 2. The van der Waals surface area contributed by atoms with Crippen LogP contribution >= 0.6 is 11.3 Å². The Morgan fingerprint density at radius 2 is 2.38 bits per heavy atom. The van der Waals surface area contributed by atoms with Crippen molar-refractivity contribution in [1.29, 1.82) is 0 Å². The molecule has 0 aliphatic heterocycles. The fourth-order valence-corrected chi connectivity index (χ4v) is 0.897. The summed E-state index contributed by atoms with van der Waals surface area (Å²) in [6.45, 7) is 1.10. The summed E-state index contributed by atoms with van der Waals surface area (Å²) in [4.78, 5) is 0.903. The fraction of sp³-hybridized carbons (Fsp3) is 0. The van der Waals surface area contributed by atoms with Gasteiger partial charge >= 0.3 is 0 Å². The van der Waals surface area contributed by atoms with Crippen molar-refractivity contribution in [3.05, 3.63) is 29.0 Å². The minimum atomic E-state index is 0. The molecule has 0 spiro atoms. The van der Waals surface area contributed by atoms with Crippen LogP contribution in [0.3, 0.4) is 0 Å². The maximum absolute atomic E-state index is 8.31. The monoisotopic (exact) mass is 380 g/mol. The average Bonchev–Trinajstić information content (AvgIpc) is 2.14. The third-order valence-electron chi connectivity index (χ3n) is 0.670. The molecule has 0 saturated heterocycles. The first kappa shape index (κ1) is 6.53. The van der Waals surface area contributed by atoms with Gasteiger partial charge in [-0.25, -0.2) is 0 Å². The van der Waals surface area contributed by atoms with Gasteiger partial charge in [-0.15, -0.1) is 10.9 Å². The minimum absolute atomic E-state index is 0. The van der Waals surface area contributed by atoms with Crippen LogP contribution in [0.2, 0.25) is 0 Å². The molecule has 0 aliphatic carbocycles. The Bertz CT molecular complexity index is 127. The van der Waals surface area contributed by atoms with E-state index in [1.54, 1.807) is 0 Å². The van der Waals surface area contributed by atoms with Crippen molar-refractivity contribution in [2.45, 2.75) is 0 Å². The van der Waals surface area contributed by atoms with E-state index < -0.39 is 0 Å². The fourth-order valence-electron chi connectivity index (χ4n) is 0.365. The van der Waals surface area contributed by atoms with Crippen LogP contribution in [0.15, 0.2) is 17.5 Å². The Kier molecular flexibility index (Phi) is 2.17. The topological polar surface area (TPSA) is 20.2 Å². The van der Waals surface area contributed by atoms with Crippen molar-refractivity contribution in [1.82, 2.24) is 0 Å². The van der Waals surface area contributed by atoms with Crippen molar-refractivity contribution in [3.63, 3.8) is 0 Å². The molecule has 1 aromatic heterocycles. The van der Waals surface area contributed by atoms with Gasteiger partial charge in [0.2, 0.25) is 0 Å². The molecule has 0 aliphatic rings. The second-order valence-corrected chi connectivity index (χ2v) is 2.12. The molecule has 0 amide bonds. The van der Waals surface area contributed by atoms with Crippen LogP contribution in [0.25, 0.3) is 0 Å². The van der Waals surface area contributed by atoms with Crippen LogP contribution in [0.5, 0.6) is 0 Å². The molecule has 40 valence electrons. The van der Waals surface area contributed by atoms with Gasteiger partial charge in [0.15, 0.2) is 0 Å². The van der Waals surface area contributed by atoms with Crippen LogP contribution in [0, 0.1) is 6.61 Å². The molecule has 1 heterocycles. The number of aliphatic hydroxyl groups is 1. The first-order valence-corrected chi connectivity index (χ1v) is 2.82. The molecule has 0 unspecified atom stereocenters. The standard InChI is InChI=1S/C5H5OS.Rf/c6-4-5-2-1-3-7-5;/h1-4,6H;/q-1;. The molecule has 1 rings (SSSR count). The molecule has 0 aromatic carbocycles. The quantitative estimate of drug-likeness (QED) is 0.735. The molecule has 0 atom stereocenters. The van der Waals surface area contributed by atoms with Gasteiger partial charge in [0.05, 0.1) is 0 Å².